The number of rotatable bonds is 6. The smallest absolute Gasteiger partial charge is 0.178 e. The van der Waals surface area contributed by atoms with Crippen LogP contribution in [0.2, 0.25) is 0 Å². The first kappa shape index (κ1) is 14.9. The van der Waals surface area contributed by atoms with Crippen molar-refractivity contribution in [3.8, 4) is 0 Å². The van der Waals surface area contributed by atoms with E-state index in [1.807, 2.05) is 22.7 Å². The molecule has 0 amide bonds. The second kappa shape index (κ2) is 6.11. The van der Waals surface area contributed by atoms with Gasteiger partial charge in [0.25, 0.3) is 0 Å². The van der Waals surface area contributed by atoms with Crippen LogP contribution in [0.5, 0.6) is 0 Å². The lowest BCUT2D eigenvalue weighted by Crippen LogP contribution is -2.31. The standard InChI is InChI=1S/C18H22N6/c1-22(15-6-4-3-5-7-15)12-13-23(2)17-11-10-16-19-20-18(14-8-9-14)24(16)21-17/h3-7,10-11,14H,8-9,12-13H2,1-2H3. The molecule has 0 bridgehead atoms. The van der Waals surface area contributed by atoms with Gasteiger partial charge in [0, 0.05) is 38.8 Å². The van der Waals surface area contributed by atoms with Gasteiger partial charge in [-0.15, -0.1) is 15.3 Å². The Labute approximate surface area is 141 Å². The molecule has 0 aliphatic heterocycles. The fourth-order valence-electron chi connectivity index (χ4n) is 2.82. The molecule has 2 aromatic heterocycles. The molecule has 3 aromatic rings. The summed E-state index contributed by atoms with van der Waals surface area (Å²) in [7, 11) is 4.19. The van der Waals surface area contributed by atoms with Crippen molar-refractivity contribution in [2.45, 2.75) is 18.8 Å². The van der Waals surface area contributed by atoms with E-state index >= 15 is 0 Å². The molecule has 4 rings (SSSR count). The number of hydrogen-bond donors (Lipinski definition) is 0. The highest BCUT2D eigenvalue weighted by Gasteiger charge is 2.29. The highest BCUT2D eigenvalue weighted by Crippen LogP contribution is 2.38. The lowest BCUT2D eigenvalue weighted by atomic mass is 10.3. The molecule has 0 atom stereocenters. The number of nitrogens with zero attached hydrogens (tertiary/aromatic N) is 6. The molecule has 1 aromatic carbocycles. The molecule has 1 saturated carbocycles. The Bertz CT molecular complexity index is 824. The zero-order valence-electron chi connectivity index (χ0n) is 14.1. The molecule has 6 heteroatoms. The van der Waals surface area contributed by atoms with Gasteiger partial charge in [-0.05, 0) is 37.1 Å². The van der Waals surface area contributed by atoms with Gasteiger partial charge < -0.3 is 9.80 Å². The van der Waals surface area contributed by atoms with Crippen LogP contribution in [0.25, 0.3) is 5.65 Å². The van der Waals surface area contributed by atoms with E-state index in [1.54, 1.807) is 0 Å². The van der Waals surface area contributed by atoms with E-state index in [0.717, 1.165) is 30.4 Å². The second-order valence-electron chi connectivity index (χ2n) is 6.47. The third kappa shape index (κ3) is 2.91. The van der Waals surface area contributed by atoms with E-state index in [0.29, 0.717) is 5.92 Å². The zero-order valence-corrected chi connectivity index (χ0v) is 14.1. The van der Waals surface area contributed by atoms with Crippen molar-refractivity contribution in [1.82, 2.24) is 19.8 Å². The Hall–Kier alpha value is -2.63. The van der Waals surface area contributed by atoms with Gasteiger partial charge in [0.15, 0.2) is 11.5 Å². The maximum Gasteiger partial charge on any atom is 0.178 e. The van der Waals surface area contributed by atoms with Crippen LogP contribution in [0.4, 0.5) is 11.5 Å². The Balaban J connectivity index is 1.47. The summed E-state index contributed by atoms with van der Waals surface area (Å²) < 4.78 is 1.91. The average molecular weight is 322 g/mol. The van der Waals surface area contributed by atoms with Gasteiger partial charge in [-0.25, -0.2) is 0 Å². The van der Waals surface area contributed by atoms with Crippen LogP contribution in [0, 0.1) is 0 Å². The molecule has 24 heavy (non-hydrogen) atoms. The van der Waals surface area contributed by atoms with Crippen LogP contribution in [-0.4, -0.2) is 47.0 Å². The average Bonchev–Trinajstić information content (AvgIpc) is 3.39. The van der Waals surface area contributed by atoms with Crippen molar-refractivity contribution in [2.75, 3.05) is 37.0 Å². The Kier molecular flexibility index (Phi) is 3.80. The number of aromatic nitrogens is 4. The summed E-state index contributed by atoms with van der Waals surface area (Å²) in [5.74, 6) is 2.49. The van der Waals surface area contributed by atoms with Gasteiger partial charge in [-0.3, -0.25) is 0 Å². The van der Waals surface area contributed by atoms with Crippen molar-refractivity contribution in [2.24, 2.45) is 0 Å². The number of benzene rings is 1. The van der Waals surface area contributed by atoms with E-state index in [9.17, 15) is 0 Å². The van der Waals surface area contributed by atoms with E-state index < -0.39 is 0 Å². The molecule has 0 unspecified atom stereocenters. The largest absolute Gasteiger partial charge is 0.373 e. The van der Waals surface area contributed by atoms with E-state index in [4.69, 9.17) is 5.10 Å². The molecular formula is C18H22N6. The first-order valence-corrected chi connectivity index (χ1v) is 8.42. The van der Waals surface area contributed by atoms with Crippen molar-refractivity contribution in [1.29, 1.82) is 0 Å². The Morgan fingerprint density at radius 3 is 2.46 bits per heavy atom. The predicted molar refractivity (Wildman–Crippen MR) is 95.7 cm³/mol. The molecule has 1 aliphatic carbocycles. The van der Waals surface area contributed by atoms with Crippen LogP contribution < -0.4 is 9.80 Å². The molecule has 1 fully saturated rings. The predicted octanol–water partition coefficient (Wildman–Crippen LogP) is 2.57. The first-order chi connectivity index (χ1) is 11.7. The number of hydrogen-bond acceptors (Lipinski definition) is 5. The lowest BCUT2D eigenvalue weighted by Gasteiger charge is -2.24. The normalized spacial score (nSPS) is 14.1. The summed E-state index contributed by atoms with van der Waals surface area (Å²) in [4.78, 5) is 4.43. The molecular weight excluding hydrogens is 300 g/mol. The van der Waals surface area contributed by atoms with Crippen LogP contribution >= 0.6 is 0 Å². The molecule has 2 heterocycles. The second-order valence-corrected chi connectivity index (χ2v) is 6.47. The fourth-order valence-corrected chi connectivity index (χ4v) is 2.82. The Morgan fingerprint density at radius 2 is 1.71 bits per heavy atom. The third-order valence-corrected chi connectivity index (χ3v) is 4.57. The summed E-state index contributed by atoms with van der Waals surface area (Å²) in [5, 5.41) is 13.3. The summed E-state index contributed by atoms with van der Waals surface area (Å²) >= 11 is 0. The van der Waals surface area contributed by atoms with Crippen molar-refractivity contribution < 1.29 is 0 Å². The molecule has 0 radical (unpaired) electrons. The van der Waals surface area contributed by atoms with Crippen molar-refractivity contribution in [3.05, 3.63) is 48.3 Å². The minimum Gasteiger partial charge on any atom is -0.373 e. The SMILES string of the molecule is CN(CCN(C)c1ccc2nnc(C3CC3)n2n1)c1ccccc1. The fraction of sp³-hybridized carbons (Fsp3) is 0.389. The van der Waals surface area contributed by atoms with E-state index in [2.05, 4.69) is 58.4 Å². The summed E-state index contributed by atoms with van der Waals surface area (Å²) in [6.07, 6.45) is 2.40. The van der Waals surface area contributed by atoms with Gasteiger partial charge in [-0.1, -0.05) is 18.2 Å². The van der Waals surface area contributed by atoms with Gasteiger partial charge >= 0.3 is 0 Å². The molecule has 0 saturated heterocycles. The number of likely N-dealkylation sites (N-methyl/N-ethyl adjacent to an activating group) is 2. The zero-order chi connectivity index (χ0) is 16.5. The molecule has 0 N–H and O–H groups in total. The minimum atomic E-state index is 0.539. The van der Waals surface area contributed by atoms with Crippen LogP contribution in [-0.2, 0) is 0 Å². The summed E-state index contributed by atoms with van der Waals surface area (Å²) in [5.41, 5.74) is 2.06. The number of fused-ring (bicyclic) bond motifs is 1. The lowest BCUT2D eigenvalue weighted by molar-refractivity contribution is 0.774. The van der Waals surface area contributed by atoms with Crippen molar-refractivity contribution in [3.63, 3.8) is 0 Å². The molecule has 0 spiro atoms. The maximum absolute atomic E-state index is 4.75. The number of para-hydroxylation sites is 1. The van der Waals surface area contributed by atoms with E-state index in [1.165, 1.54) is 18.5 Å². The monoisotopic (exact) mass is 322 g/mol. The van der Waals surface area contributed by atoms with Crippen LogP contribution in [0.3, 0.4) is 0 Å². The molecule has 124 valence electrons. The van der Waals surface area contributed by atoms with E-state index in [-0.39, 0.29) is 0 Å². The van der Waals surface area contributed by atoms with Gasteiger partial charge in [0.2, 0.25) is 0 Å². The quantitative estimate of drug-likeness (QED) is 0.698. The minimum absolute atomic E-state index is 0.539. The van der Waals surface area contributed by atoms with Gasteiger partial charge in [0.1, 0.15) is 5.82 Å². The number of anilines is 2. The topological polar surface area (TPSA) is 49.6 Å². The third-order valence-electron chi connectivity index (χ3n) is 4.57. The van der Waals surface area contributed by atoms with Crippen molar-refractivity contribution >= 4 is 17.2 Å². The van der Waals surface area contributed by atoms with Gasteiger partial charge in [0.05, 0.1) is 0 Å². The summed E-state index contributed by atoms with van der Waals surface area (Å²) in [6, 6.07) is 14.4. The highest BCUT2D eigenvalue weighted by atomic mass is 15.4. The highest BCUT2D eigenvalue weighted by molar-refractivity contribution is 5.47. The first-order valence-electron chi connectivity index (χ1n) is 8.42. The molecule has 6 nitrogen and oxygen atoms in total. The van der Waals surface area contributed by atoms with Gasteiger partial charge in [-0.2, -0.15) is 4.52 Å². The van der Waals surface area contributed by atoms with Crippen LogP contribution in [0.1, 0.15) is 24.6 Å². The molecule has 1 aliphatic rings. The Morgan fingerprint density at radius 1 is 0.958 bits per heavy atom. The maximum atomic E-state index is 4.75. The van der Waals surface area contributed by atoms with Crippen LogP contribution in [0.15, 0.2) is 42.5 Å². The summed E-state index contributed by atoms with van der Waals surface area (Å²) in [6.45, 7) is 1.82.